The van der Waals surface area contributed by atoms with Crippen LogP contribution in [0.5, 0.6) is 0 Å². The maximum Gasteiger partial charge on any atom is 0.205 e. The van der Waals surface area contributed by atoms with Crippen LogP contribution in [-0.2, 0) is 16.1 Å². The maximum atomic E-state index is 5.33. The highest BCUT2D eigenvalue weighted by Gasteiger charge is 2.02. The van der Waals surface area contributed by atoms with Gasteiger partial charge in [-0.15, -0.1) is 10.2 Å². The third-order valence-corrected chi connectivity index (χ3v) is 2.50. The van der Waals surface area contributed by atoms with E-state index in [9.17, 15) is 0 Å². The van der Waals surface area contributed by atoms with Crippen molar-refractivity contribution in [1.29, 1.82) is 0 Å². The molecule has 0 amide bonds. The van der Waals surface area contributed by atoms with Crippen molar-refractivity contribution in [1.82, 2.24) is 10.2 Å². The van der Waals surface area contributed by atoms with E-state index in [-0.39, 0.29) is 0 Å². The lowest BCUT2D eigenvalue weighted by Gasteiger charge is -1.99. The minimum absolute atomic E-state index is 0.509. The normalized spacial score (nSPS) is 10.5. The number of ether oxygens (including phenoxy) is 2. The molecular weight excluding hydrogens is 214 g/mol. The van der Waals surface area contributed by atoms with Gasteiger partial charge in [-0.1, -0.05) is 18.3 Å². The van der Waals surface area contributed by atoms with Gasteiger partial charge in [-0.05, 0) is 6.42 Å². The number of methoxy groups -OCH3 is 1. The molecule has 1 rings (SSSR count). The second-order valence-electron chi connectivity index (χ2n) is 2.97. The summed E-state index contributed by atoms with van der Waals surface area (Å²) >= 11 is 1.53. The minimum Gasteiger partial charge on any atom is -0.382 e. The first-order chi connectivity index (χ1) is 7.36. The Morgan fingerprint density at radius 3 is 2.93 bits per heavy atom. The number of nitrogens with one attached hydrogen (secondary N) is 1. The molecule has 5 nitrogen and oxygen atoms in total. The van der Waals surface area contributed by atoms with Gasteiger partial charge in [0.25, 0.3) is 0 Å². The highest BCUT2D eigenvalue weighted by molar-refractivity contribution is 7.15. The van der Waals surface area contributed by atoms with E-state index in [4.69, 9.17) is 9.47 Å². The molecule has 0 radical (unpaired) electrons. The summed E-state index contributed by atoms with van der Waals surface area (Å²) in [5.74, 6) is 0. The fourth-order valence-corrected chi connectivity index (χ4v) is 1.62. The summed E-state index contributed by atoms with van der Waals surface area (Å²) in [5, 5.41) is 12.9. The topological polar surface area (TPSA) is 56.3 Å². The quantitative estimate of drug-likeness (QED) is 0.687. The van der Waals surface area contributed by atoms with Crippen molar-refractivity contribution in [3.8, 4) is 0 Å². The lowest BCUT2D eigenvalue weighted by molar-refractivity contribution is 0.0613. The van der Waals surface area contributed by atoms with E-state index < -0.39 is 0 Å². The zero-order chi connectivity index (χ0) is 10.9. The lowest BCUT2D eigenvalue weighted by atomic mass is 10.5. The standard InChI is InChI=1S/C9H17N3O2S/c1-3-4-10-9-12-11-8(15-9)7-14-6-5-13-2/h3-7H2,1-2H3,(H,10,12). The number of nitrogens with zero attached hydrogens (tertiary/aromatic N) is 2. The molecule has 1 N–H and O–H groups in total. The van der Waals surface area contributed by atoms with E-state index in [0.717, 1.165) is 23.1 Å². The van der Waals surface area contributed by atoms with Gasteiger partial charge in [-0.3, -0.25) is 0 Å². The summed E-state index contributed by atoms with van der Waals surface area (Å²) < 4.78 is 10.2. The van der Waals surface area contributed by atoms with Crippen molar-refractivity contribution >= 4 is 16.5 Å². The number of hydrogen-bond acceptors (Lipinski definition) is 6. The Morgan fingerprint density at radius 1 is 1.33 bits per heavy atom. The average molecular weight is 231 g/mol. The molecule has 0 bridgehead atoms. The molecule has 0 aromatic carbocycles. The predicted octanol–water partition coefficient (Wildman–Crippen LogP) is 1.52. The Morgan fingerprint density at radius 2 is 2.20 bits per heavy atom. The molecule has 15 heavy (non-hydrogen) atoms. The van der Waals surface area contributed by atoms with Crippen LogP contribution in [0.15, 0.2) is 0 Å². The summed E-state index contributed by atoms with van der Waals surface area (Å²) in [4.78, 5) is 0. The average Bonchev–Trinajstić information content (AvgIpc) is 2.69. The molecule has 1 heterocycles. The van der Waals surface area contributed by atoms with Crippen LogP contribution >= 0.6 is 11.3 Å². The lowest BCUT2D eigenvalue weighted by Crippen LogP contribution is -2.01. The Kier molecular flexibility index (Phi) is 6.22. The second-order valence-corrected chi connectivity index (χ2v) is 4.04. The summed E-state index contributed by atoms with van der Waals surface area (Å²) in [6.45, 7) is 4.75. The van der Waals surface area contributed by atoms with Gasteiger partial charge in [0, 0.05) is 13.7 Å². The predicted molar refractivity (Wildman–Crippen MR) is 60.2 cm³/mol. The first-order valence-corrected chi connectivity index (χ1v) is 5.81. The van der Waals surface area contributed by atoms with Crippen LogP contribution in [0.1, 0.15) is 18.4 Å². The van der Waals surface area contributed by atoms with Crippen LogP contribution in [0.25, 0.3) is 0 Å². The summed E-state index contributed by atoms with van der Waals surface area (Å²) in [6, 6.07) is 0. The van der Waals surface area contributed by atoms with Gasteiger partial charge < -0.3 is 14.8 Å². The van der Waals surface area contributed by atoms with Crippen molar-refractivity contribution in [2.75, 3.05) is 32.2 Å². The number of rotatable bonds is 8. The fourth-order valence-electron chi connectivity index (χ4n) is 0.917. The molecule has 86 valence electrons. The molecule has 0 spiro atoms. The molecule has 1 aromatic rings. The molecular formula is C9H17N3O2S. The van der Waals surface area contributed by atoms with Gasteiger partial charge in [0.05, 0.1) is 13.2 Å². The smallest absolute Gasteiger partial charge is 0.205 e. The van der Waals surface area contributed by atoms with E-state index in [1.165, 1.54) is 11.3 Å². The monoisotopic (exact) mass is 231 g/mol. The van der Waals surface area contributed by atoms with E-state index in [0.29, 0.717) is 19.8 Å². The van der Waals surface area contributed by atoms with Gasteiger partial charge in [-0.25, -0.2) is 0 Å². The molecule has 6 heteroatoms. The Hall–Kier alpha value is -0.720. The summed E-state index contributed by atoms with van der Waals surface area (Å²) in [6.07, 6.45) is 1.08. The molecule has 0 saturated heterocycles. The van der Waals surface area contributed by atoms with Gasteiger partial charge in [-0.2, -0.15) is 0 Å². The Bertz CT molecular complexity index is 268. The first kappa shape index (κ1) is 12.4. The van der Waals surface area contributed by atoms with Gasteiger partial charge in [0.2, 0.25) is 5.13 Å². The fraction of sp³-hybridized carbons (Fsp3) is 0.778. The van der Waals surface area contributed by atoms with Crippen LogP contribution in [0, 0.1) is 0 Å². The third-order valence-electron chi connectivity index (χ3n) is 1.65. The molecule has 0 aliphatic rings. The van der Waals surface area contributed by atoms with Crippen LogP contribution in [0.4, 0.5) is 5.13 Å². The second kappa shape index (κ2) is 7.56. The molecule has 1 aromatic heterocycles. The molecule has 0 saturated carbocycles. The summed E-state index contributed by atoms with van der Waals surface area (Å²) in [5.41, 5.74) is 0. The highest BCUT2D eigenvalue weighted by Crippen LogP contribution is 2.15. The number of aromatic nitrogens is 2. The SMILES string of the molecule is CCCNc1nnc(COCCOC)s1. The van der Waals surface area contributed by atoms with Crippen molar-refractivity contribution in [2.45, 2.75) is 20.0 Å². The van der Waals surface area contributed by atoms with Gasteiger partial charge >= 0.3 is 0 Å². The van der Waals surface area contributed by atoms with Crippen LogP contribution in [-0.4, -0.2) is 37.1 Å². The van der Waals surface area contributed by atoms with Crippen LogP contribution < -0.4 is 5.32 Å². The number of anilines is 1. The molecule has 0 aliphatic carbocycles. The van der Waals surface area contributed by atoms with E-state index in [2.05, 4.69) is 22.4 Å². The van der Waals surface area contributed by atoms with Crippen LogP contribution in [0.2, 0.25) is 0 Å². The maximum absolute atomic E-state index is 5.33. The van der Waals surface area contributed by atoms with E-state index in [1.807, 2.05) is 0 Å². The molecule has 0 atom stereocenters. The Labute approximate surface area is 93.8 Å². The minimum atomic E-state index is 0.509. The zero-order valence-electron chi connectivity index (χ0n) is 9.15. The largest absolute Gasteiger partial charge is 0.382 e. The number of hydrogen-bond donors (Lipinski definition) is 1. The Balaban J connectivity index is 2.20. The van der Waals surface area contributed by atoms with Crippen molar-refractivity contribution < 1.29 is 9.47 Å². The van der Waals surface area contributed by atoms with Crippen molar-refractivity contribution in [3.05, 3.63) is 5.01 Å². The first-order valence-electron chi connectivity index (χ1n) is 4.99. The molecule has 0 fully saturated rings. The van der Waals surface area contributed by atoms with Crippen LogP contribution in [0.3, 0.4) is 0 Å². The van der Waals surface area contributed by atoms with Crippen molar-refractivity contribution in [2.24, 2.45) is 0 Å². The van der Waals surface area contributed by atoms with E-state index >= 15 is 0 Å². The van der Waals surface area contributed by atoms with Gasteiger partial charge in [0.1, 0.15) is 11.6 Å². The van der Waals surface area contributed by atoms with Crippen molar-refractivity contribution in [3.63, 3.8) is 0 Å². The molecule has 0 unspecified atom stereocenters. The molecule has 0 aliphatic heterocycles. The summed E-state index contributed by atoms with van der Waals surface area (Å²) in [7, 11) is 1.65. The third kappa shape index (κ3) is 5.06. The highest BCUT2D eigenvalue weighted by atomic mass is 32.1. The van der Waals surface area contributed by atoms with Gasteiger partial charge in [0.15, 0.2) is 0 Å². The zero-order valence-corrected chi connectivity index (χ0v) is 9.97. The van der Waals surface area contributed by atoms with E-state index in [1.54, 1.807) is 7.11 Å².